The summed E-state index contributed by atoms with van der Waals surface area (Å²) in [4.78, 5) is 2.36. The highest BCUT2D eigenvalue weighted by molar-refractivity contribution is 5.49. The molecule has 94 valence electrons. The molecule has 1 aliphatic rings. The normalized spacial score (nSPS) is 17.2. The van der Waals surface area contributed by atoms with E-state index in [0.29, 0.717) is 6.04 Å². The van der Waals surface area contributed by atoms with Crippen LogP contribution in [0.4, 0.5) is 5.69 Å². The van der Waals surface area contributed by atoms with Gasteiger partial charge in [-0.3, -0.25) is 0 Å². The smallest absolute Gasteiger partial charge is 0.188 e. The Labute approximate surface area is 102 Å². The lowest BCUT2D eigenvalue weighted by molar-refractivity contribution is 0.0511. The third-order valence-corrected chi connectivity index (χ3v) is 3.08. The molecule has 4 heteroatoms. The molecule has 1 fully saturated rings. The molecule has 2 N–H and O–H groups in total. The summed E-state index contributed by atoms with van der Waals surface area (Å²) in [6.45, 7) is 2.37. The Morgan fingerprint density at radius 1 is 1.24 bits per heavy atom. The van der Waals surface area contributed by atoms with Crippen LogP contribution in [0.25, 0.3) is 0 Å². The van der Waals surface area contributed by atoms with Gasteiger partial charge in [-0.1, -0.05) is 0 Å². The van der Waals surface area contributed by atoms with Crippen molar-refractivity contribution < 1.29 is 9.47 Å². The SMILES string of the molecule is COCOc1ccc(N2CCC(N)CC2)cc1. The largest absolute Gasteiger partial charge is 0.468 e. The van der Waals surface area contributed by atoms with Crippen LogP contribution in [-0.4, -0.2) is 33.0 Å². The van der Waals surface area contributed by atoms with Crippen LogP contribution < -0.4 is 15.4 Å². The highest BCUT2D eigenvalue weighted by atomic mass is 16.7. The average Bonchev–Trinajstić information content (AvgIpc) is 2.38. The fourth-order valence-electron chi connectivity index (χ4n) is 2.04. The molecule has 2 rings (SSSR count). The maximum atomic E-state index is 5.89. The van der Waals surface area contributed by atoms with Crippen LogP contribution in [-0.2, 0) is 4.74 Å². The van der Waals surface area contributed by atoms with E-state index in [4.69, 9.17) is 15.2 Å². The van der Waals surface area contributed by atoms with E-state index in [1.807, 2.05) is 12.1 Å². The van der Waals surface area contributed by atoms with Crippen LogP contribution in [0.2, 0.25) is 0 Å². The summed E-state index contributed by atoms with van der Waals surface area (Å²) in [5, 5.41) is 0. The van der Waals surface area contributed by atoms with E-state index in [1.165, 1.54) is 5.69 Å². The highest BCUT2D eigenvalue weighted by Gasteiger charge is 2.15. The first-order chi connectivity index (χ1) is 8.29. The van der Waals surface area contributed by atoms with Gasteiger partial charge < -0.3 is 20.1 Å². The molecule has 1 aromatic carbocycles. The summed E-state index contributed by atoms with van der Waals surface area (Å²) in [5.74, 6) is 0.837. The van der Waals surface area contributed by atoms with Gasteiger partial charge in [-0.05, 0) is 37.1 Å². The number of rotatable bonds is 4. The van der Waals surface area contributed by atoms with E-state index < -0.39 is 0 Å². The van der Waals surface area contributed by atoms with Gasteiger partial charge in [-0.25, -0.2) is 0 Å². The zero-order valence-corrected chi connectivity index (χ0v) is 10.3. The number of hydrogen-bond acceptors (Lipinski definition) is 4. The molecule has 0 atom stereocenters. The molecule has 17 heavy (non-hydrogen) atoms. The molecule has 1 aromatic rings. The van der Waals surface area contributed by atoms with Crippen molar-refractivity contribution in [2.45, 2.75) is 18.9 Å². The molecule has 0 bridgehead atoms. The van der Waals surface area contributed by atoms with Crippen molar-refractivity contribution in [3.63, 3.8) is 0 Å². The molecule has 0 saturated carbocycles. The predicted octanol–water partition coefficient (Wildman–Crippen LogP) is 1.60. The van der Waals surface area contributed by atoms with Crippen LogP contribution >= 0.6 is 0 Å². The number of nitrogens with two attached hydrogens (primary N) is 1. The Morgan fingerprint density at radius 2 is 1.88 bits per heavy atom. The molecular weight excluding hydrogens is 216 g/mol. The van der Waals surface area contributed by atoms with Gasteiger partial charge in [0, 0.05) is 31.9 Å². The molecule has 0 aliphatic carbocycles. The minimum atomic E-state index is 0.290. The van der Waals surface area contributed by atoms with Crippen molar-refractivity contribution in [1.82, 2.24) is 0 Å². The highest BCUT2D eigenvalue weighted by Crippen LogP contribution is 2.22. The first kappa shape index (κ1) is 12.2. The minimum absolute atomic E-state index is 0.290. The number of piperidine rings is 1. The molecule has 0 amide bonds. The second-order valence-corrected chi connectivity index (χ2v) is 4.37. The van der Waals surface area contributed by atoms with Crippen LogP contribution in [0.3, 0.4) is 0 Å². The van der Waals surface area contributed by atoms with Crippen molar-refractivity contribution in [3.05, 3.63) is 24.3 Å². The van der Waals surface area contributed by atoms with Crippen molar-refractivity contribution in [3.8, 4) is 5.75 Å². The van der Waals surface area contributed by atoms with Crippen LogP contribution in [0.5, 0.6) is 5.75 Å². The molecule has 1 heterocycles. The number of anilines is 1. The van der Waals surface area contributed by atoms with Crippen LogP contribution in [0.15, 0.2) is 24.3 Å². The maximum absolute atomic E-state index is 5.89. The van der Waals surface area contributed by atoms with Gasteiger partial charge in [-0.2, -0.15) is 0 Å². The van der Waals surface area contributed by atoms with Crippen molar-refractivity contribution in [2.24, 2.45) is 5.73 Å². The zero-order valence-electron chi connectivity index (χ0n) is 10.3. The number of ether oxygens (including phenoxy) is 2. The molecule has 1 aliphatic heterocycles. The van der Waals surface area contributed by atoms with Gasteiger partial charge in [0.1, 0.15) is 5.75 Å². The maximum Gasteiger partial charge on any atom is 0.188 e. The van der Waals surface area contributed by atoms with E-state index in [-0.39, 0.29) is 6.79 Å². The molecule has 4 nitrogen and oxygen atoms in total. The van der Waals surface area contributed by atoms with E-state index in [1.54, 1.807) is 7.11 Å². The van der Waals surface area contributed by atoms with Crippen LogP contribution in [0, 0.1) is 0 Å². The monoisotopic (exact) mass is 236 g/mol. The Hall–Kier alpha value is -1.26. The third-order valence-electron chi connectivity index (χ3n) is 3.08. The molecule has 0 unspecified atom stereocenters. The van der Waals surface area contributed by atoms with E-state index in [0.717, 1.165) is 31.7 Å². The van der Waals surface area contributed by atoms with Crippen molar-refractivity contribution in [2.75, 3.05) is 31.9 Å². The molecule has 0 radical (unpaired) electrons. The fourth-order valence-corrected chi connectivity index (χ4v) is 2.04. The molecule has 0 spiro atoms. The number of nitrogens with zero attached hydrogens (tertiary/aromatic N) is 1. The quantitative estimate of drug-likeness (QED) is 0.807. The summed E-state index contributed by atoms with van der Waals surface area (Å²) in [7, 11) is 1.62. The zero-order chi connectivity index (χ0) is 12.1. The van der Waals surface area contributed by atoms with Gasteiger partial charge in [0.15, 0.2) is 6.79 Å². The molecule has 0 aromatic heterocycles. The second kappa shape index (κ2) is 5.89. The summed E-state index contributed by atoms with van der Waals surface area (Å²) in [6.07, 6.45) is 2.14. The predicted molar refractivity (Wildman–Crippen MR) is 68.4 cm³/mol. The average molecular weight is 236 g/mol. The van der Waals surface area contributed by atoms with E-state index in [2.05, 4.69) is 17.0 Å². The summed E-state index contributed by atoms with van der Waals surface area (Å²) in [5.41, 5.74) is 7.13. The first-order valence-corrected chi connectivity index (χ1v) is 6.02. The Bertz CT molecular complexity index is 332. The fraction of sp³-hybridized carbons (Fsp3) is 0.538. The molecule has 1 saturated heterocycles. The summed E-state index contributed by atoms with van der Waals surface area (Å²) < 4.78 is 10.2. The van der Waals surface area contributed by atoms with Crippen molar-refractivity contribution >= 4 is 5.69 Å². The topological polar surface area (TPSA) is 47.7 Å². The number of benzene rings is 1. The Morgan fingerprint density at radius 3 is 2.47 bits per heavy atom. The lowest BCUT2D eigenvalue weighted by atomic mass is 10.1. The number of methoxy groups -OCH3 is 1. The van der Waals surface area contributed by atoms with Gasteiger partial charge in [0.25, 0.3) is 0 Å². The standard InChI is InChI=1S/C13H20N2O2/c1-16-10-17-13-4-2-12(3-5-13)15-8-6-11(14)7-9-15/h2-5,11H,6-10,14H2,1H3. The lowest BCUT2D eigenvalue weighted by Crippen LogP contribution is -2.39. The van der Waals surface area contributed by atoms with E-state index in [9.17, 15) is 0 Å². The first-order valence-electron chi connectivity index (χ1n) is 6.02. The number of hydrogen-bond donors (Lipinski definition) is 1. The Balaban J connectivity index is 1.93. The third kappa shape index (κ3) is 3.35. The van der Waals surface area contributed by atoms with Gasteiger partial charge >= 0.3 is 0 Å². The lowest BCUT2D eigenvalue weighted by Gasteiger charge is -2.32. The van der Waals surface area contributed by atoms with E-state index >= 15 is 0 Å². The van der Waals surface area contributed by atoms with Gasteiger partial charge in [0.05, 0.1) is 0 Å². The molecular formula is C13H20N2O2. The minimum Gasteiger partial charge on any atom is -0.468 e. The van der Waals surface area contributed by atoms with Crippen LogP contribution in [0.1, 0.15) is 12.8 Å². The Kier molecular flexibility index (Phi) is 4.23. The second-order valence-electron chi connectivity index (χ2n) is 4.37. The summed E-state index contributed by atoms with van der Waals surface area (Å²) in [6, 6.07) is 8.49. The van der Waals surface area contributed by atoms with Crippen molar-refractivity contribution in [1.29, 1.82) is 0 Å². The summed E-state index contributed by atoms with van der Waals surface area (Å²) >= 11 is 0. The van der Waals surface area contributed by atoms with Gasteiger partial charge in [-0.15, -0.1) is 0 Å². The van der Waals surface area contributed by atoms with Gasteiger partial charge in [0.2, 0.25) is 0 Å².